The van der Waals surface area contributed by atoms with Crippen LogP contribution in [0.15, 0.2) is 47.6 Å². The van der Waals surface area contributed by atoms with Gasteiger partial charge in [0.25, 0.3) is 5.91 Å². The van der Waals surface area contributed by atoms with Crippen LogP contribution in [0.2, 0.25) is 0 Å². The van der Waals surface area contributed by atoms with E-state index in [9.17, 15) is 9.59 Å². The number of nitrogens with one attached hydrogen (secondary N) is 1. The third-order valence-corrected chi connectivity index (χ3v) is 3.43. The second-order valence-corrected chi connectivity index (χ2v) is 5.33. The summed E-state index contributed by atoms with van der Waals surface area (Å²) in [5, 5.41) is 21.1. The molecule has 0 radical (unpaired) electrons. The normalized spacial score (nSPS) is 10.2. The quantitative estimate of drug-likeness (QED) is 0.546. The molecule has 2 rings (SSSR count). The molecule has 0 atom stereocenters. The number of benzene rings is 2. The second kappa shape index (κ2) is 9.58. The molecule has 8 nitrogen and oxygen atoms in total. The van der Waals surface area contributed by atoms with Gasteiger partial charge in [0.15, 0.2) is 11.5 Å². The summed E-state index contributed by atoms with van der Waals surface area (Å²) >= 11 is 0. The van der Waals surface area contributed by atoms with E-state index in [1.54, 1.807) is 36.4 Å². The Bertz CT molecular complexity index is 885. The lowest BCUT2D eigenvalue weighted by Crippen LogP contribution is -2.16. The molecule has 0 fully saturated rings. The van der Waals surface area contributed by atoms with Gasteiger partial charge in [0.05, 0.1) is 25.0 Å². The van der Waals surface area contributed by atoms with Crippen molar-refractivity contribution in [3.05, 3.63) is 59.2 Å². The zero-order valence-electron chi connectivity index (χ0n) is 14.5. The van der Waals surface area contributed by atoms with Crippen LogP contribution in [0.25, 0.3) is 0 Å². The number of methoxy groups -OCH3 is 1. The molecule has 2 aromatic carbocycles. The SMILES string of the molecule is COc1cc(C=NNC(=O)CC#N)ccc1OCc1ccc(C(=O)O)cc1. The minimum Gasteiger partial charge on any atom is -0.493 e. The van der Waals surface area contributed by atoms with Crippen LogP contribution in [-0.4, -0.2) is 30.3 Å². The fraction of sp³-hybridized carbons (Fsp3) is 0.158. The molecule has 0 aliphatic heterocycles. The van der Waals surface area contributed by atoms with Gasteiger partial charge in [0, 0.05) is 0 Å². The number of amides is 1. The Kier molecular flexibility index (Phi) is 6.91. The molecule has 0 aromatic heterocycles. The van der Waals surface area contributed by atoms with E-state index >= 15 is 0 Å². The van der Waals surface area contributed by atoms with Gasteiger partial charge in [-0.2, -0.15) is 10.4 Å². The molecule has 0 aliphatic carbocycles. The van der Waals surface area contributed by atoms with Crippen LogP contribution >= 0.6 is 0 Å². The highest BCUT2D eigenvalue weighted by Gasteiger charge is 2.07. The van der Waals surface area contributed by atoms with Gasteiger partial charge in [0.1, 0.15) is 13.0 Å². The summed E-state index contributed by atoms with van der Waals surface area (Å²) < 4.78 is 11.0. The Balaban J connectivity index is 2.01. The van der Waals surface area contributed by atoms with Gasteiger partial charge >= 0.3 is 5.97 Å². The first kappa shape index (κ1) is 19.5. The highest BCUT2D eigenvalue weighted by atomic mass is 16.5. The summed E-state index contributed by atoms with van der Waals surface area (Å²) in [6, 6.07) is 13.2. The highest BCUT2D eigenvalue weighted by Crippen LogP contribution is 2.28. The molecule has 27 heavy (non-hydrogen) atoms. The number of nitrogens with zero attached hydrogens (tertiary/aromatic N) is 2. The van der Waals surface area contributed by atoms with E-state index in [2.05, 4.69) is 10.5 Å². The fourth-order valence-electron chi connectivity index (χ4n) is 2.08. The second-order valence-electron chi connectivity index (χ2n) is 5.33. The lowest BCUT2D eigenvalue weighted by atomic mass is 10.1. The van der Waals surface area contributed by atoms with E-state index in [4.69, 9.17) is 19.8 Å². The van der Waals surface area contributed by atoms with Gasteiger partial charge in [-0.05, 0) is 41.5 Å². The van der Waals surface area contributed by atoms with E-state index in [1.807, 2.05) is 0 Å². The molecule has 0 bridgehead atoms. The molecule has 2 aromatic rings. The van der Waals surface area contributed by atoms with Crippen molar-refractivity contribution in [2.75, 3.05) is 7.11 Å². The molecule has 0 unspecified atom stereocenters. The lowest BCUT2D eigenvalue weighted by molar-refractivity contribution is -0.120. The molecule has 8 heteroatoms. The van der Waals surface area contributed by atoms with Crippen molar-refractivity contribution < 1.29 is 24.2 Å². The first-order chi connectivity index (χ1) is 13.0. The number of carboxylic acids is 1. The Morgan fingerprint density at radius 1 is 1.22 bits per heavy atom. The maximum absolute atomic E-state index is 11.2. The molecule has 0 heterocycles. The molecule has 0 saturated heterocycles. The van der Waals surface area contributed by atoms with Crippen LogP contribution in [0.4, 0.5) is 0 Å². The van der Waals surface area contributed by atoms with Gasteiger partial charge in [-0.1, -0.05) is 12.1 Å². The summed E-state index contributed by atoms with van der Waals surface area (Å²) in [7, 11) is 1.50. The molecule has 0 saturated carbocycles. The number of aromatic carboxylic acids is 1. The standard InChI is InChI=1S/C19H17N3O5/c1-26-17-10-14(11-21-22-18(23)8-9-20)4-7-16(17)27-12-13-2-5-15(6-3-13)19(24)25/h2-7,10-11H,8,12H2,1H3,(H,22,23)(H,24,25). The maximum atomic E-state index is 11.2. The van der Waals surface area contributed by atoms with Crippen LogP contribution in [0.5, 0.6) is 11.5 Å². The number of carbonyl (C=O) groups excluding carboxylic acids is 1. The summed E-state index contributed by atoms with van der Waals surface area (Å²) in [6.07, 6.45) is 1.16. The minimum absolute atomic E-state index is 0.210. The number of hydrogen-bond acceptors (Lipinski definition) is 6. The van der Waals surface area contributed by atoms with Crippen LogP contribution < -0.4 is 14.9 Å². The van der Waals surface area contributed by atoms with Crippen molar-refractivity contribution in [2.24, 2.45) is 5.10 Å². The van der Waals surface area contributed by atoms with Crippen molar-refractivity contribution >= 4 is 18.1 Å². The summed E-state index contributed by atoms with van der Waals surface area (Å²) in [5.41, 5.74) is 3.93. The Labute approximate surface area is 155 Å². The van der Waals surface area contributed by atoms with Crippen LogP contribution in [0.3, 0.4) is 0 Å². The average Bonchev–Trinajstić information content (AvgIpc) is 2.67. The number of nitriles is 1. The van der Waals surface area contributed by atoms with Crippen molar-refractivity contribution in [3.8, 4) is 17.6 Å². The average molecular weight is 367 g/mol. The highest BCUT2D eigenvalue weighted by molar-refractivity contribution is 5.87. The molecule has 2 N–H and O–H groups in total. The molecular weight excluding hydrogens is 350 g/mol. The monoisotopic (exact) mass is 367 g/mol. The smallest absolute Gasteiger partial charge is 0.335 e. The van der Waals surface area contributed by atoms with E-state index in [0.717, 1.165) is 5.56 Å². The molecule has 0 spiro atoms. The maximum Gasteiger partial charge on any atom is 0.335 e. The fourth-order valence-corrected chi connectivity index (χ4v) is 2.08. The third-order valence-electron chi connectivity index (χ3n) is 3.43. The van der Waals surface area contributed by atoms with Crippen LogP contribution in [0.1, 0.15) is 27.9 Å². The molecular formula is C19H17N3O5. The molecule has 1 amide bonds. The van der Waals surface area contributed by atoms with Gasteiger partial charge in [-0.3, -0.25) is 4.79 Å². The zero-order chi connectivity index (χ0) is 19.6. The number of hydrogen-bond donors (Lipinski definition) is 2. The first-order valence-electron chi connectivity index (χ1n) is 7.85. The predicted octanol–water partition coefficient (Wildman–Crippen LogP) is 2.34. The van der Waals surface area contributed by atoms with Crippen molar-refractivity contribution in [3.63, 3.8) is 0 Å². The summed E-state index contributed by atoms with van der Waals surface area (Å²) in [4.78, 5) is 22.0. The number of hydrazone groups is 1. The third kappa shape index (κ3) is 5.86. The lowest BCUT2D eigenvalue weighted by Gasteiger charge is -2.11. The zero-order valence-corrected chi connectivity index (χ0v) is 14.5. The number of carbonyl (C=O) groups is 2. The van der Waals surface area contributed by atoms with Crippen molar-refractivity contribution in [2.45, 2.75) is 13.0 Å². The number of carboxylic acid groups (broad SMARTS) is 1. The van der Waals surface area contributed by atoms with Crippen LogP contribution in [0, 0.1) is 11.3 Å². The Morgan fingerprint density at radius 2 is 1.96 bits per heavy atom. The van der Waals surface area contributed by atoms with Crippen molar-refractivity contribution in [1.29, 1.82) is 5.26 Å². The largest absolute Gasteiger partial charge is 0.493 e. The number of ether oxygens (including phenoxy) is 2. The van der Waals surface area contributed by atoms with Gasteiger partial charge in [-0.25, -0.2) is 10.2 Å². The van der Waals surface area contributed by atoms with E-state index in [-0.39, 0.29) is 18.6 Å². The summed E-state index contributed by atoms with van der Waals surface area (Å²) in [6.45, 7) is 0.244. The Hall–Kier alpha value is -3.86. The van der Waals surface area contributed by atoms with Gasteiger partial charge in [0.2, 0.25) is 0 Å². The predicted molar refractivity (Wildman–Crippen MR) is 96.7 cm³/mol. The molecule has 138 valence electrons. The van der Waals surface area contributed by atoms with E-state index < -0.39 is 11.9 Å². The van der Waals surface area contributed by atoms with Gasteiger partial charge < -0.3 is 14.6 Å². The van der Waals surface area contributed by atoms with E-state index in [1.165, 1.54) is 25.5 Å². The minimum atomic E-state index is -0.981. The summed E-state index contributed by atoms with van der Waals surface area (Å²) in [5.74, 6) is -0.491. The van der Waals surface area contributed by atoms with Crippen molar-refractivity contribution in [1.82, 2.24) is 5.43 Å². The first-order valence-corrected chi connectivity index (χ1v) is 7.85. The Morgan fingerprint density at radius 3 is 2.59 bits per heavy atom. The van der Waals surface area contributed by atoms with E-state index in [0.29, 0.717) is 17.1 Å². The van der Waals surface area contributed by atoms with Gasteiger partial charge in [-0.15, -0.1) is 0 Å². The number of rotatable bonds is 8. The molecule has 0 aliphatic rings. The topological polar surface area (TPSA) is 121 Å². The van der Waals surface area contributed by atoms with Crippen LogP contribution in [-0.2, 0) is 11.4 Å².